The maximum absolute atomic E-state index is 4.93. The quantitative estimate of drug-likeness (QED) is 0.267. The molecule has 4 aromatic rings. The van der Waals surface area contributed by atoms with Gasteiger partial charge in [-0.15, -0.1) is 17.2 Å². The summed E-state index contributed by atoms with van der Waals surface area (Å²) in [6.07, 6.45) is 13.8. The van der Waals surface area contributed by atoms with Crippen molar-refractivity contribution >= 4 is 9.28 Å². The zero-order chi connectivity index (χ0) is 28.8. The Hall–Kier alpha value is -2.25. The van der Waals surface area contributed by atoms with Gasteiger partial charge in [0, 0.05) is 6.26 Å². The predicted octanol–water partition coefficient (Wildman–Crippen LogP) is 3.67. The molecule has 1 nitrogen and oxygen atoms in total. The van der Waals surface area contributed by atoms with Crippen molar-refractivity contribution in [3.63, 3.8) is 0 Å². The summed E-state index contributed by atoms with van der Waals surface area (Å²) in [6, 6.07) is 27.6. The second-order valence-corrected chi connectivity index (χ2v) is 13.4. The van der Waals surface area contributed by atoms with E-state index in [1.54, 1.807) is 12.5 Å². The summed E-state index contributed by atoms with van der Waals surface area (Å²) < 4.78 is 7.18. The van der Waals surface area contributed by atoms with E-state index in [1.807, 2.05) is 12.1 Å². The summed E-state index contributed by atoms with van der Waals surface area (Å²) in [5.41, 5.74) is 12.4. The molecule has 0 radical (unpaired) electrons. The molecule has 42 heavy (non-hydrogen) atoms. The summed E-state index contributed by atoms with van der Waals surface area (Å²) in [5.74, 6) is 0. The first-order chi connectivity index (χ1) is 19.1. The van der Waals surface area contributed by atoms with Gasteiger partial charge in [-0.3, -0.25) is 0 Å². The summed E-state index contributed by atoms with van der Waals surface area (Å²) in [5, 5.41) is 0. The van der Waals surface area contributed by atoms with Gasteiger partial charge in [-0.1, -0.05) is 83.4 Å². The van der Waals surface area contributed by atoms with Crippen molar-refractivity contribution in [1.29, 1.82) is 0 Å². The molecule has 0 spiro atoms. The van der Waals surface area contributed by atoms with Gasteiger partial charge in [0.2, 0.25) is 0 Å². The average Bonchev–Trinajstić information content (AvgIpc) is 3.69. The molecule has 1 heterocycles. The van der Waals surface area contributed by atoms with Crippen LogP contribution in [0, 0.1) is 12.1 Å². The Morgan fingerprint density at radius 2 is 1.57 bits per heavy atom. The fourth-order valence-electron chi connectivity index (χ4n) is 4.78. The molecule has 0 saturated carbocycles. The van der Waals surface area contributed by atoms with E-state index >= 15 is 0 Å². The Balaban J connectivity index is 0.000000245. The second kappa shape index (κ2) is 16.0. The van der Waals surface area contributed by atoms with Crippen LogP contribution >= 0.6 is 0 Å². The van der Waals surface area contributed by atoms with Gasteiger partial charge in [0.05, 0.1) is 6.26 Å². The first-order valence-electron chi connectivity index (χ1n) is 14.1. The monoisotopic (exact) mass is 672 g/mol. The number of furan rings is 1. The third-order valence-corrected chi connectivity index (χ3v) is 7.67. The van der Waals surface area contributed by atoms with Gasteiger partial charge < -0.3 is 29.2 Å². The molecule has 3 aromatic carbocycles. The Kier molecular flexibility index (Phi) is 13.7. The molecule has 0 saturated heterocycles. The summed E-state index contributed by atoms with van der Waals surface area (Å²) in [6.45, 7) is 13.6. The van der Waals surface area contributed by atoms with E-state index in [0.717, 1.165) is 30.4 Å². The van der Waals surface area contributed by atoms with Crippen molar-refractivity contribution in [2.45, 2.75) is 71.6 Å². The first-order valence-corrected chi connectivity index (χ1v) is 15.5. The Labute approximate surface area is 280 Å². The maximum atomic E-state index is 4.93. The topological polar surface area (TPSA) is 13.1 Å². The number of rotatable bonds is 3. The van der Waals surface area contributed by atoms with E-state index in [4.69, 9.17) is 4.42 Å². The predicted molar refractivity (Wildman–Crippen MR) is 166 cm³/mol. The average molecular weight is 675 g/mol. The molecule has 0 bridgehead atoms. The SMILES string of the molecule is CC(C)(C)c1[c-]c2c(cc1)-c1ccc(C(C)(C)C)cc1C2.[C-]1=C(c2ccoc2)C=CC1.[Cl-].[Cl-].[Zr+2]=[CH]Cc1ccccc1. The van der Waals surface area contributed by atoms with Crippen LogP contribution in [0.4, 0.5) is 0 Å². The molecule has 0 amide bonds. The van der Waals surface area contributed by atoms with Gasteiger partial charge in [0.25, 0.3) is 0 Å². The molecule has 0 unspecified atom stereocenters. The van der Waals surface area contributed by atoms with Crippen LogP contribution in [0.2, 0.25) is 0 Å². The minimum absolute atomic E-state index is 0. The van der Waals surface area contributed by atoms with Crippen LogP contribution in [-0.2, 0) is 47.9 Å². The van der Waals surface area contributed by atoms with Gasteiger partial charge in [0.15, 0.2) is 0 Å². The van der Waals surface area contributed by atoms with Gasteiger partial charge >= 0.3 is 70.3 Å². The number of hydrogen-bond donors (Lipinski definition) is 0. The molecular formula is C38H40Cl2OZr-2. The molecule has 4 heteroatoms. The van der Waals surface area contributed by atoms with E-state index in [-0.39, 0.29) is 35.6 Å². The van der Waals surface area contributed by atoms with Crippen molar-refractivity contribution < 1.29 is 53.5 Å². The molecule has 0 fully saturated rings. The van der Waals surface area contributed by atoms with E-state index < -0.39 is 0 Å². The van der Waals surface area contributed by atoms with E-state index in [0.29, 0.717) is 0 Å². The van der Waals surface area contributed by atoms with E-state index in [9.17, 15) is 0 Å². The molecule has 6 rings (SSSR count). The van der Waals surface area contributed by atoms with Crippen LogP contribution in [0.25, 0.3) is 16.7 Å². The Morgan fingerprint density at radius 3 is 2.14 bits per heavy atom. The second-order valence-electron chi connectivity index (χ2n) is 12.4. The molecule has 1 aromatic heterocycles. The normalized spacial score (nSPS) is 12.7. The fourth-order valence-corrected chi connectivity index (χ4v) is 5.36. The van der Waals surface area contributed by atoms with E-state index in [1.165, 1.54) is 63.2 Å². The van der Waals surface area contributed by atoms with Crippen LogP contribution < -0.4 is 24.8 Å². The van der Waals surface area contributed by atoms with Crippen LogP contribution in [-0.4, -0.2) is 3.71 Å². The number of hydrogen-bond acceptors (Lipinski definition) is 1. The van der Waals surface area contributed by atoms with Crippen LogP contribution in [0.15, 0.2) is 95.8 Å². The Morgan fingerprint density at radius 1 is 0.857 bits per heavy atom. The van der Waals surface area contributed by atoms with Crippen molar-refractivity contribution in [3.8, 4) is 11.1 Å². The Bertz CT molecular complexity index is 1420. The van der Waals surface area contributed by atoms with Gasteiger partial charge in [-0.2, -0.15) is 41.5 Å². The number of benzene rings is 3. The van der Waals surface area contributed by atoms with Crippen molar-refractivity contribution in [3.05, 3.63) is 137 Å². The molecule has 218 valence electrons. The third kappa shape index (κ3) is 9.63. The van der Waals surface area contributed by atoms with Gasteiger partial charge in [-0.05, 0) is 28.4 Å². The van der Waals surface area contributed by atoms with Crippen LogP contribution in [0.1, 0.15) is 81.3 Å². The number of allylic oxidation sites excluding steroid dienone is 4. The summed E-state index contributed by atoms with van der Waals surface area (Å²) in [4.78, 5) is 0. The summed E-state index contributed by atoms with van der Waals surface area (Å²) >= 11 is 1.51. The third-order valence-electron chi connectivity index (χ3n) is 7.17. The molecule has 0 aliphatic heterocycles. The molecule has 2 aliphatic rings. The number of halogens is 2. The zero-order valence-corrected chi connectivity index (χ0v) is 29.5. The molecule has 2 aliphatic carbocycles. The standard InChI is InChI=1S/C21H25.C9H7O.C8H8.2ClH.Zr/c1-20(2,3)16-7-9-18-14(12-16)11-15-13-17(21(4,5)6)8-10-19(15)18;1-2-4-8(3-1)9-5-6-10-7-9;1-2-8-6-4-3-5-7-8;;;/h7-10,12H,11H2,1-6H3;1,3,5-7H,2H2;1,3-7H,2H2;2*1H;/q2*-1;;;;+2/p-2. The molecular weight excluding hydrogens is 635 g/mol. The molecule has 0 N–H and O–H groups in total. The van der Waals surface area contributed by atoms with Gasteiger partial charge in [0.1, 0.15) is 0 Å². The first kappa shape index (κ1) is 35.9. The van der Waals surface area contributed by atoms with E-state index in [2.05, 4.69) is 124 Å². The van der Waals surface area contributed by atoms with Crippen molar-refractivity contribution in [2.75, 3.05) is 0 Å². The van der Waals surface area contributed by atoms with Crippen molar-refractivity contribution in [1.82, 2.24) is 0 Å². The zero-order valence-electron chi connectivity index (χ0n) is 25.5. The summed E-state index contributed by atoms with van der Waals surface area (Å²) in [7, 11) is 0. The van der Waals surface area contributed by atoms with Gasteiger partial charge in [-0.25, -0.2) is 0 Å². The number of fused-ring (bicyclic) bond motifs is 3. The minimum atomic E-state index is 0. The van der Waals surface area contributed by atoms with Crippen molar-refractivity contribution in [2.24, 2.45) is 0 Å². The fraction of sp³-hybridized carbons (Fsp3) is 0.289. The van der Waals surface area contributed by atoms with Crippen LogP contribution in [0.3, 0.4) is 0 Å². The molecule has 0 atom stereocenters. The van der Waals surface area contributed by atoms with Crippen LogP contribution in [0.5, 0.6) is 0 Å².